The highest BCUT2D eigenvalue weighted by molar-refractivity contribution is 5.06. The Morgan fingerprint density at radius 3 is 2.44 bits per heavy atom. The summed E-state index contributed by atoms with van der Waals surface area (Å²) in [5, 5.41) is 8.29. The molecule has 0 spiro atoms. The maximum Gasteiger partial charge on any atom is 0.153 e. The van der Waals surface area contributed by atoms with E-state index in [1.165, 1.54) is 25.7 Å². The second-order valence-corrected chi connectivity index (χ2v) is 5.23. The Bertz CT molecular complexity index is 335. The van der Waals surface area contributed by atoms with E-state index in [0.717, 1.165) is 18.7 Å². The van der Waals surface area contributed by atoms with Gasteiger partial charge in [-0.3, -0.25) is 0 Å². The number of hydrogen-bond acceptors (Lipinski definition) is 3. The molecule has 0 aromatic carbocycles. The van der Waals surface area contributed by atoms with Gasteiger partial charge in [-0.05, 0) is 26.7 Å². The fourth-order valence-corrected chi connectivity index (χ4v) is 2.56. The van der Waals surface area contributed by atoms with Gasteiger partial charge in [0.1, 0.15) is 6.33 Å². The number of aromatic nitrogens is 3. The molecule has 4 nitrogen and oxygen atoms in total. The average Bonchev–Trinajstić information content (AvgIpc) is 2.64. The molecule has 0 radical (unpaired) electrons. The number of hydrogen-bond donors (Lipinski definition) is 1. The van der Waals surface area contributed by atoms with E-state index in [-0.39, 0.29) is 5.54 Å². The molecule has 1 aromatic rings. The van der Waals surface area contributed by atoms with Crippen LogP contribution >= 0.6 is 0 Å². The summed E-state index contributed by atoms with van der Waals surface area (Å²) in [5.74, 6) is 0.976. The van der Waals surface area contributed by atoms with E-state index in [1.807, 2.05) is 0 Å². The van der Waals surface area contributed by atoms with Gasteiger partial charge in [0.05, 0.1) is 5.54 Å². The number of rotatable bonds is 2. The van der Waals surface area contributed by atoms with Crippen molar-refractivity contribution in [3.63, 3.8) is 0 Å². The highest BCUT2D eigenvalue weighted by Gasteiger charge is 2.33. The molecule has 0 bridgehead atoms. The quantitative estimate of drug-likeness (QED) is 0.781. The monoisotopic (exact) mass is 222 g/mol. The zero-order valence-electron chi connectivity index (χ0n) is 10.3. The lowest BCUT2D eigenvalue weighted by atomic mass is 9.90. The van der Waals surface area contributed by atoms with Crippen molar-refractivity contribution < 1.29 is 0 Å². The molecule has 1 fully saturated rings. The molecule has 2 N–H and O–H groups in total. The maximum atomic E-state index is 6.54. The van der Waals surface area contributed by atoms with Crippen LogP contribution in [-0.4, -0.2) is 14.8 Å². The molecular formula is C12H22N4. The van der Waals surface area contributed by atoms with Crippen molar-refractivity contribution in [2.45, 2.75) is 64.0 Å². The van der Waals surface area contributed by atoms with Crippen LogP contribution in [0.3, 0.4) is 0 Å². The van der Waals surface area contributed by atoms with Crippen LogP contribution in [0.15, 0.2) is 6.33 Å². The van der Waals surface area contributed by atoms with Crippen molar-refractivity contribution >= 4 is 0 Å². The Hall–Kier alpha value is -0.900. The molecule has 2 rings (SSSR count). The summed E-state index contributed by atoms with van der Waals surface area (Å²) in [6.07, 6.45) is 8.91. The lowest BCUT2D eigenvalue weighted by Crippen LogP contribution is -2.39. The normalized spacial score (nSPS) is 21.0. The van der Waals surface area contributed by atoms with E-state index in [2.05, 4.69) is 28.6 Å². The second kappa shape index (κ2) is 4.53. The van der Waals surface area contributed by atoms with Crippen LogP contribution in [0.25, 0.3) is 0 Å². The average molecular weight is 222 g/mol. The van der Waals surface area contributed by atoms with Crippen LogP contribution in [0, 0.1) is 0 Å². The third kappa shape index (κ3) is 2.12. The van der Waals surface area contributed by atoms with E-state index in [0.29, 0.717) is 6.04 Å². The van der Waals surface area contributed by atoms with Crippen LogP contribution in [-0.2, 0) is 5.54 Å². The SMILES string of the molecule is CC(C)n1cnnc1C1(N)CCCCCC1. The molecule has 1 aliphatic rings. The Morgan fingerprint density at radius 2 is 1.88 bits per heavy atom. The van der Waals surface area contributed by atoms with Gasteiger partial charge in [0.2, 0.25) is 0 Å². The van der Waals surface area contributed by atoms with Crippen molar-refractivity contribution in [1.29, 1.82) is 0 Å². The molecular weight excluding hydrogens is 200 g/mol. The summed E-state index contributed by atoms with van der Waals surface area (Å²) < 4.78 is 2.12. The van der Waals surface area contributed by atoms with Crippen LogP contribution in [0.4, 0.5) is 0 Å². The smallest absolute Gasteiger partial charge is 0.153 e. The van der Waals surface area contributed by atoms with Crippen LogP contribution < -0.4 is 5.73 Å². The maximum absolute atomic E-state index is 6.54. The molecule has 4 heteroatoms. The first-order chi connectivity index (χ1) is 7.63. The third-order valence-corrected chi connectivity index (χ3v) is 3.57. The Labute approximate surface area is 97.2 Å². The highest BCUT2D eigenvalue weighted by atomic mass is 15.3. The summed E-state index contributed by atoms with van der Waals surface area (Å²) >= 11 is 0. The molecule has 1 saturated carbocycles. The summed E-state index contributed by atoms with van der Waals surface area (Å²) in [4.78, 5) is 0. The molecule has 16 heavy (non-hydrogen) atoms. The Balaban J connectivity index is 2.29. The molecule has 0 unspecified atom stereocenters. The van der Waals surface area contributed by atoms with Crippen molar-refractivity contribution in [1.82, 2.24) is 14.8 Å². The van der Waals surface area contributed by atoms with E-state index < -0.39 is 0 Å². The van der Waals surface area contributed by atoms with Gasteiger partial charge < -0.3 is 10.3 Å². The van der Waals surface area contributed by atoms with E-state index in [1.54, 1.807) is 6.33 Å². The molecule has 90 valence electrons. The van der Waals surface area contributed by atoms with Crippen molar-refractivity contribution in [2.75, 3.05) is 0 Å². The van der Waals surface area contributed by atoms with Gasteiger partial charge in [-0.2, -0.15) is 0 Å². The molecule has 0 saturated heterocycles. The van der Waals surface area contributed by atoms with Gasteiger partial charge >= 0.3 is 0 Å². The lowest BCUT2D eigenvalue weighted by Gasteiger charge is -2.28. The van der Waals surface area contributed by atoms with Crippen molar-refractivity contribution in [3.05, 3.63) is 12.2 Å². The summed E-state index contributed by atoms with van der Waals surface area (Å²) in [5.41, 5.74) is 6.29. The Kier molecular flexibility index (Phi) is 3.28. The first-order valence-electron chi connectivity index (χ1n) is 6.32. The topological polar surface area (TPSA) is 56.7 Å². The van der Waals surface area contributed by atoms with Crippen LogP contribution in [0.5, 0.6) is 0 Å². The fraction of sp³-hybridized carbons (Fsp3) is 0.833. The van der Waals surface area contributed by atoms with Crippen LogP contribution in [0.1, 0.15) is 64.2 Å². The number of nitrogens with two attached hydrogens (primary N) is 1. The number of nitrogens with zero attached hydrogens (tertiary/aromatic N) is 3. The standard InChI is InChI=1S/C12H22N4/c1-10(2)16-9-14-15-11(16)12(13)7-5-3-4-6-8-12/h9-10H,3-8,13H2,1-2H3. The molecule has 1 heterocycles. The van der Waals surface area contributed by atoms with Crippen molar-refractivity contribution in [3.8, 4) is 0 Å². The van der Waals surface area contributed by atoms with Gasteiger partial charge in [0.15, 0.2) is 5.82 Å². The minimum atomic E-state index is -0.253. The molecule has 0 amide bonds. The first-order valence-corrected chi connectivity index (χ1v) is 6.32. The van der Waals surface area contributed by atoms with E-state index in [9.17, 15) is 0 Å². The van der Waals surface area contributed by atoms with Crippen LogP contribution in [0.2, 0.25) is 0 Å². The predicted octanol–water partition coefficient (Wildman–Crippen LogP) is 2.37. The Morgan fingerprint density at radius 1 is 1.25 bits per heavy atom. The molecule has 1 aromatic heterocycles. The molecule has 1 aliphatic carbocycles. The van der Waals surface area contributed by atoms with Gasteiger partial charge in [0.25, 0.3) is 0 Å². The largest absolute Gasteiger partial charge is 0.319 e. The summed E-state index contributed by atoms with van der Waals surface area (Å²) in [6, 6.07) is 0.383. The third-order valence-electron chi connectivity index (χ3n) is 3.57. The second-order valence-electron chi connectivity index (χ2n) is 5.23. The fourth-order valence-electron chi connectivity index (χ4n) is 2.56. The van der Waals surface area contributed by atoms with Gasteiger partial charge in [0, 0.05) is 6.04 Å². The van der Waals surface area contributed by atoms with Gasteiger partial charge in [-0.1, -0.05) is 25.7 Å². The van der Waals surface area contributed by atoms with Gasteiger partial charge in [-0.15, -0.1) is 10.2 Å². The minimum Gasteiger partial charge on any atom is -0.319 e. The summed E-state index contributed by atoms with van der Waals surface area (Å²) in [7, 11) is 0. The predicted molar refractivity (Wildman–Crippen MR) is 64.0 cm³/mol. The van der Waals surface area contributed by atoms with Crippen molar-refractivity contribution in [2.24, 2.45) is 5.73 Å². The van der Waals surface area contributed by atoms with Gasteiger partial charge in [-0.25, -0.2) is 0 Å². The summed E-state index contributed by atoms with van der Waals surface area (Å²) in [6.45, 7) is 4.29. The molecule has 0 atom stereocenters. The first kappa shape index (κ1) is 11.6. The van der Waals surface area contributed by atoms with E-state index in [4.69, 9.17) is 5.73 Å². The molecule has 0 aliphatic heterocycles. The minimum absolute atomic E-state index is 0.253. The highest BCUT2D eigenvalue weighted by Crippen LogP contribution is 2.33. The zero-order chi connectivity index (χ0) is 11.6. The lowest BCUT2D eigenvalue weighted by molar-refractivity contribution is 0.338. The zero-order valence-corrected chi connectivity index (χ0v) is 10.3. The van der Waals surface area contributed by atoms with E-state index >= 15 is 0 Å².